The van der Waals surface area contributed by atoms with E-state index < -0.39 is 17.7 Å². The van der Waals surface area contributed by atoms with E-state index in [0.717, 1.165) is 87.4 Å². The number of hydrogen-bond acceptors (Lipinski definition) is 8. The van der Waals surface area contributed by atoms with Gasteiger partial charge in [0, 0.05) is 43.4 Å². The van der Waals surface area contributed by atoms with Gasteiger partial charge in [-0.3, -0.25) is 9.69 Å². The van der Waals surface area contributed by atoms with Crippen LogP contribution in [0.4, 0.5) is 16.2 Å². The molecule has 1 atom stereocenters. The van der Waals surface area contributed by atoms with E-state index in [4.69, 9.17) is 29.4 Å². The standard InChI is InChI=1S/C62H89N3O7/c1-17-24-68-53-39-28-40-32-47(60(8,9)10)35-43(54(40)69-25-18-2)30-44-38-50(64-57(66)51-22-21-23-65(51)58(67)72-62(14,15)16)52(63)49(56(44)71-27-20-4)37-45-36-48(61(11,12)13)34-42(55(45)70-26-19-3)29-41(53)33-46(31-39)59(5,6)7/h31-36,38,51H,17-30,37,63H2,1-16H3,(H,64,66). The fraction of sp³-hybridized carbons (Fsp3) is 0.581. The van der Waals surface area contributed by atoms with E-state index in [0.29, 0.717) is 88.6 Å². The molecule has 1 heterocycles. The molecule has 10 heteroatoms. The van der Waals surface area contributed by atoms with Gasteiger partial charge in [0.15, 0.2) is 0 Å². The summed E-state index contributed by atoms with van der Waals surface area (Å²) in [5, 5.41) is 3.27. The molecule has 4 aromatic rings. The number of likely N-dealkylation sites (tertiary alicyclic amines) is 1. The Labute approximate surface area is 433 Å². The molecular weight excluding hydrogens is 899 g/mol. The molecule has 2 amide bonds. The van der Waals surface area contributed by atoms with Crippen LogP contribution in [0.15, 0.2) is 42.5 Å². The lowest BCUT2D eigenvalue weighted by Gasteiger charge is -2.29. The lowest BCUT2D eigenvalue weighted by atomic mass is 9.80. The van der Waals surface area contributed by atoms with Gasteiger partial charge in [0.05, 0.1) is 37.8 Å². The first-order valence-corrected chi connectivity index (χ1v) is 27.0. The van der Waals surface area contributed by atoms with Crippen LogP contribution in [0.2, 0.25) is 0 Å². The maximum atomic E-state index is 14.7. The van der Waals surface area contributed by atoms with E-state index in [-0.39, 0.29) is 22.2 Å². The van der Waals surface area contributed by atoms with Gasteiger partial charge in [0.1, 0.15) is 34.6 Å². The van der Waals surface area contributed by atoms with Crippen molar-refractivity contribution < 1.29 is 33.3 Å². The number of carbonyl (C=O) groups excluding carboxylic acids is 2. The second kappa shape index (κ2) is 22.8. The Bertz CT molecular complexity index is 2570. The molecule has 2 aliphatic rings. The minimum absolute atomic E-state index is 0.151. The van der Waals surface area contributed by atoms with Crippen LogP contribution in [0.5, 0.6) is 23.0 Å². The van der Waals surface area contributed by atoms with Gasteiger partial charge in [0.2, 0.25) is 5.91 Å². The summed E-state index contributed by atoms with van der Waals surface area (Å²) in [4.78, 5) is 29.7. The van der Waals surface area contributed by atoms with E-state index in [1.54, 1.807) is 4.90 Å². The molecule has 394 valence electrons. The maximum Gasteiger partial charge on any atom is 0.410 e. The van der Waals surface area contributed by atoms with E-state index in [2.05, 4.69) is 132 Å². The van der Waals surface area contributed by atoms with Gasteiger partial charge in [0.25, 0.3) is 0 Å². The molecule has 10 nitrogen and oxygen atoms in total. The number of hydrogen-bond donors (Lipinski definition) is 2. The first-order valence-electron chi connectivity index (χ1n) is 27.0. The molecule has 6 rings (SSSR count). The Morgan fingerprint density at radius 1 is 0.542 bits per heavy atom. The van der Waals surface area contributed by atoms with Crippen LogP contribution >= 0.6 is 0 Å². The first-order chi connectivity index (χ1) is 33.8. The van der Waals surface area contributed by atoms with Crippen LogP contribution in [0.3, 0.4) is 0 Å². The van der Waals surface area contributed by atoms with E-state index in [1.807, 2.05) is 26.8 Å². The Morgan fingerprint density at radius 2 is 0.889 bits per heavy atom. The molecule has 0 radical (unpaired) electrons. The second-order valence-electron chi connectivity index (χ2n) is 24.3. The molecule has 8 bridgehead atoms. The monoisotopic (exact) mass is 988 g/mol. The topological polar surface area (TPSA) is 122 Å². The average molecular weight is 988 g/mol. The number of carbonyl (C=O) groups is 2. The van der Waals surface area contributed by atoms with Crippen molar-refractivity contribution >= 4 is 23.4 Å². The van der Waals surface area contributed by atoms with E-state index in [1.165, 1.54) is 16.7 Å². The van der Waals surface area contributed by atoms with Gasteiger partial charge >= 0.3 is 6.09 Å². The van der Waals surface area contributed by atoms with Crippen LogP contribution < -0.4 is 30.0 Å². The molecular formula is C62H89N3O7. The number of nitrogens with zero attached hydrogens (tertiary/aromatic N) is 1. The second-order valence-corrected chi connectivity index (χ2v) is 24.3. The summed E-state index contributed by atoms with van der Waals surface area (Å²) in [6.07, 6.45) is 5.94. The van der Waals surface area contributed by atoms with Crippen molar-refractivity contribution in [3.05, 3.63) is 104 Å². The molecule has 1 saturated heterocycles. The smallest absolute Gasteiger partial charge is 0.410 e. The van der Waals surface area contributed by atoms with Gasteiger partial charge < -0.3 is 34.7 Å². The number of nitrogens with one attached hydrogen (secondary N) is 1. The van der Waals surface area contributed by atoms with Crippen LogP contribution in [-0.4, -0.2) is 61.5 Å². The van der Waals surface area contributed by atoms with Crippen LogP contribution in [-0.2, 0) is 51.5 Å². The van der Waals surface area contributed by atoms with Crippen molar-refractivity contribution in [1.82, 2.24) is 4.90 Å². The van der Waals surface area contributed by atoms with Crippen molar-refractivity contribution in [3.8, 4) is 23.0 Å². The van der Waals surface area contributed by atoms with Gasteiger partial charge in [-0.15, -0.1) is 0 Å². The van der Waals surface area contributed by atoms with Crippen molar-refractivity contribution in [1.29, 1.82) is 0 Å². The SMILES string of the molecule is CCCOc1c2cc(C(C)(C)C)cc1Cc1cc(C(C)(C)C)cc(c1OCCC)Cc1c(N)c(NC(=O)C3CCCN3C(=O)OC(C)(C)C)cc(c1OCCC)Cc1cc(C(C)(C)C)cc(c1OCCC)C2. The maximum absolute atomic E-state index is 14.7. The zero-order valence-corrected chi connectivity index (χ0v) is 47.1. The summed E-state index contributed by atoms with van der Waals surface area (Å²) >= 11 is 0. The molecule has 72 heavy (non-hydrogen) atoms. The minimum atomic E-state index is -0.727. The highest BCUT2D eigenvalue weighted by Gasteiger charge is 2.38. The lowest BCUT2D eigenvalue weighted by molar-refractivity contribution is -0.120. The number of rotatable bonds is 14. The van der Waals surface area contributed by atoms with E-state index >= 15 is 0 Å². The Balaban J connectivity index is 1.74. The Morgan fingerprint density at radius 3 is 1.24 bits per heavy atom. The van der Waals surface area contributed by atoms with E-state index in [9.17, 15) is 9.59 Å². The quantitative estimate of drug-likeness (QED) is 0.106. The molecule has 1 fully saturated rings. The number of nitrogens with two attached hydrogens (primary N) is 1. The number of benzene rings is 4. The predicted octanol–water partition coefficient (Wildman–Crippen LogP) is 14.3. The Kier molecular flexibility index (Phi) is 17.7. The highest BCUT2D eigenvalue weighted by atomic mass is 16.6. The lowest BCUT2D eigenvalue weighted by Crippen LogP contribution is -2.45. The molecule has 0 saturated carbocycles. The van der Waals surface area contributed by atoms with Gasteiger partial charge in [-0.25, -0.2) is 4.79 Å². The summed E-state index contributed by atoms with van der Waals surface area (Å²) < 4.78 is 33.6. The molecule has 4 aromatic carbocycles. The number of fused-ring (bicyclic) bond motifs is 8. The van der Waals surface area contributed by atoms with Crippen molar-refractivity contribution in [3.63, 3.8) is 0 Å². The third-order valence-corrected chi connectivity index (χ3v) is 13.6. The number of ether oxygens (including phenoxy) is 5. The normalized spacial score (nSPS) is 15.3. The molecule has 0 aromatic heterocycles. The van der Waals surface area contributed by atoms with Gasteiger partial charge in [-0.2, -0.15) is 0 Å². The van der Waals surface area contributed by atoms with Crippen LogP contribution in [0.25, 0.3) is 0 Å². The fourth-order valence-corrected chi connectivity index (χ4v) is 9.71. The highest BCUT2D eigenvalue weighted by molar-refractivity contribution is 6.00. The molecule has 1 unspecified atom stereocenters. The minimum Gasteiger partial charge on any atom is -0.493 e. The summed E-state index contributed by atoms with van der Waals surface area (Å²) in [5.74, 6) is 2.98. The first kappa shape index (κ1) is 55.9. The van der Waals surface area contributed by atoms with Crippen LogP contribution in [0.1, 0.15) is 211 Å². The summed E-state index contributed by atoms with van der Waals surface area (Å²) in [5.41, 5.74) is 18.7. The number of anilines is 2. The van der Waals surface area contributed by atoms with Crippen LogP contribution in [0, 0.1) is 0 Å². The average Bonchev–Trinajstić information content (AvgIpc) is 3.78. The van der Waals surface area contributed by atoms with Gasteiger partial charge in [-0.05, 0) is 132 Å². The number of nitrogen functional groups attached to an aromatic ring is 1. The largest absolute Gasteiger partial charge is 0.493 e. The van der Waals surface area contributed by atoms with Gasteiger partial charge in [-0.1, -0.05) is 126 Å². The zero-order chi connectivity index (χ0) is 52.9. The summed E-state index contributed by atoms with van der Waals surface area (Å²) in [6.45, 7) is 37.0. The molecule has 1 aliphatic carbocycles. The predicted molar refractivity (Wildman–Crippen MR) is 295 cm³/mol. The highest BCUT2D eigenvalue weighted by Crippen LogP contribution is 2.46. The molecule has 1 aliphatic heterocycles. The molecule has 0 spiro atoms. The van der Waals surface area contributed by atoms with Crippen molar-refractivity contribution in [2.24, 2.45) is 0 Å². The van der Waals surface area contributed by atoms with Crippen molar-refractivity contribution in [2.45, 2.75) is 203 Å². The third kappa shape index (κ3) is 13.4. The zero-order valence-electron chi connectivity index (χ0n) is 47.1. The summed E-state index contributed by atoms with van der Waals surface area (Å²) in [7, 11) is 0. The Hall–Kier alpha value is -5.38. The number of amides is 2. The molecule has 3 N–H and O–H groups in total. The summed E-state index contributed by atoms with van der Waals surface area (Å²) in [6, 6.07) is 15.2. The third-order valence-electron chi connectivity index (χ3n) is 13.6. The van der Waals surface area contributed by atoms with Crippen molar-refractivity contribution in [2.75, 3.05) is 44.0 Å². The fourth-order valence-electron chi connectivity index (χ4n) is 9.71.